The summed E-state index contributed by atoms with van der Waals surface area (Å²) in [4.78, 5) is 18.4. The Morgan fingerprint density at radius 2 is 2.00 bits per heavy atom. The fourth-order valence-electron chi connectivity index (χ4n) is 2.79. The molecular weight excluding hydrogens is 266 g/mol. The zero-order valence-electron chi connectivity index (χ0n) is 11.2. The van der Waals surface area contributed by atoms with Gasteiger partial charge in [-0.15, -0.1) is 0 Å². The lowest BCUT2D eigenvalue weighted by Crippen LogP contribution is -2.18. The highest BCUT2D eigenvalue weighted by atomic mass is 19.1. The fraction of sp³-hybridized carbons (Fsp3) is 0.429. The number of aromatic nitrogens is 2. The summed E-state index contributed by atoms with van der Waals surface area (Å²) in [6, 6.07) is 0. The number of esters is 1. The normalized spacial score (nSPS) is 14.8. The lowest BCUT2D eigenvalue weighted by molar-refractivity contribution is -0.147. The molecule has 1 atom stereocenters. The average molecular weight is 280 g/mol. The summed E-state index contributed by atoms with van der Waals surface area (Å²) in [5.74, 6) is -1.50. The van der Waals surface area contributed by atoms with Crippen molar-refractivity contribution in [1.82, 2.24) is 9.97 Å². The lowest BCUT2D eigenvalue weighted by Gasteiger charge is -2.06. The monoisotopic (exact) mass is 280 g/mol. The van der Waals surface area contributed by atoms with Gasteiger partial charge in [0.15, 0.2) is 11.6 Å². The lowest BCUT2D eigenvalue weighted by atomic mass is 10.1. The summed E-state index contributed by atoms with van der Waals surface area (Å²) in [6.07, 6.45) is 0.337. The summed E-state index contributed by atoms with van der Waals surface area (Å²) in [5, 5.41) is 0. The van der Waals surface area contributed by atoms with Gasteiger partial charge in [0.05, 0.1) is 12.5 Å². The van der Waals surface area contributed by atoms with Crippen LogP contribution in [-0.2, 0) is 22.4 Å². The molecule has 0 saturated carbocycles. The molecule has 1 aromatic carbocycles. The number of ether oxygens (including phenoxy) is 1. The third-order valence-corrected chi connectivity index (χ3v) is 3.66. The summed E-state index contributed by atoms with van der Waals surface area (Å²) in [5.41, 5.74) is 0.586. The van der Waals surface area contributed by atoms with Crippen LogP contribution in [0.4, 0.5) is 8.78 Å². The Morgan fingerprint density at radius 1 is 1.35 bits per heavy atom. The molecule has 0 fully saturated rings. The van der Waals surface area contributed by atoms with E-state index in [2.05, 4.69) is 9.97 Å². The predicted octanol–water partition coefficient (Wildman–Crippen LogP) is 2.43. The molecule has 0 radical (unpaired) electrons. The van der Waals surface area contributed by atoms with Crippen LogP contribution in [0.15, 0.2) is 0 Å². The first kappa shape index (κ1) is 13.0. The molecule has 20 heavy (non-hydrogen) atoms. The molecule has 1 aromatic heterocycles. The number of carbonyl (C=O) groups excluding carboxylic acids is 1. The number of hydrogen-bond acceptors (Lipinski definition) is 3. The molecule has 0 bridgehead atoms. The van der Waals surface area contributed by atoms with Crippen molar-refractivity contribution in [3.05, 3.63) is 28.6 Å². The molecule has 6 heteroatoms. The van der Waals surface area contributed by atoms with Gasteiger partial charge in [-0.2, -0.15) is 0 Å². The van der Waals surface area contributed by atoms with E-state index in [9.17, 15) is 13.6 Å². The first-order valence-corrected chi connectivity index (χ1v) is 6.54. The van der Waals surface area contributed by atoms with E-state index in [0.717, 1.165) is 0 Å². The van der Waals surface area contributed by atoms with Gasteiger partial charge in [-0.25, -0.2) is 13.8 Å². The molecular formula is C14H14F2N2O2. The molecule has 0 spiro atoms. The molecule has 2 aromatic rings. The number of hydrogen-bond donors (Lipinski definition) is 1. The molecule has 106 valence electrons. The van der Waals surface area contributed by atoms with Crippen LogP contribution in [0.5, 0.6) is 0 Å². The maximum atomic E-state index is 14.4. The number of nitrogens with one attached hydrogen (secondary N) is 1. The SMILES string of the molecule is CCOC(=O)C1Cc2c(c(F)c3[nH]c(C)nc3c2F)C1. The number of H-pyrrole nitrogens is 1. The first-order chi connectivity index (χ1) is 9.52. The largest absolute Gasteiger partial charge is 0.466 e. The van der Waals surface area contributed by atoms with Crippen LogP contribution in [-0.4, -0.2) is 22.5 Å². The third kappa shape index (κ3) is 1.78. The van der Waals surface area contributed by atoms with Crippen molar-refractivity contribution in [2.24, 2.45) is 5.92 Å². The minimum atomic E-state index is -0.535. The smallest absolute Gasteiger partial charge is 0.309 e. The van der Waals surface area contributed by atoms with Gasteiger partial charge in [0, 0.05) is 0 Å². The number of carbonyl (C=O) groups is 1. The summed E-state index contributed by atoms with van der Waals surface area (Å²) >= 11 is 0. The van der Waals surface area contributed by atoms with Crippen molar-refractivity contribution in [1.29, 1.82) is 0 Å². The molecule has 1 aliphatic rings. The van der Waals surface area contributed by atoms with E-state index in [1.54, 1.807) is 13.8 Å². The Kier molecular flexibility index (Phi) is 2.96. The van der Waals surface area contributed by atoms with E-state index in [0.29, 0.717) is 5.82 Å². The fourth-order valence-corrected chi connectivity index (χ4v) is 2.79. The molecule has 4 nitrogen and oxygen atoms in total. The quantitative estimate of drug-likeness (QED) is 0.860. The number of nitrogens with zero attached hydrogens (tertiary/aromatic N) is 1. The van der Waals surface area contributed by atoms with Crippen LogP contribution in [0.25, 0.3) is 11.0 Å². The second-order valence-corrected chi connectivity index (χ2v) is 4.99. The molecule has 0 amide bonds. The predicted molar refractivity (Wildman–Crippen MR) is 68.3 cm³/mol. The van der Waals surface area contributed by atoms with Crippen LogP contribution in [0.1, 0.15) is 23.9 Å². The first-order valence-electron chi connectivity index (χ1n) is 6.54. The second kappa shape index (κ2) is 4.54. The Labute approximate surface area is 114 Å². The highest BCUT2D eigenvalue weighted by Gasteiger charge is 2.35. The van der Waals surface area contributed by atoms with E-state index in [-0.39, 0.29) is 41.6 Å². The van der Waals surface area contributed by atoms with E-state index < -0.39 is 23.5 Å². The topological polar surface area (TPSA) is 55.0 Å². The number of rotatable bonds is 2. The minimum absolute atomic E-state index is 0.00302. The standard InChI is InChI=1S/C14H14F2N2O2/c1-3-20-14(19)7-4-8-9(5-7)11(16)13-12(10(8)15)17-6(2)18-13/h7H,3-5H2,1-2H3,(H,17,18). The Hall–Kier alpha value is -1.98. The molecule has 0 saturated heterocycles. The van der Waals surface area contributed by atoms with Gasteiger partial charge < -0.3 is 9.72 Å². The zero-order valence-corrected chi connectivity index (χ0v) is 11.2. The average Bonchev–Trinajstić information content (AvgIpc) is 3.00. The van der Waals surface area contributed by atoms with Gasteiger partial charge in [0.1, 0.15) is 16.9 Å². The van der Waals surface area contributed by atoms with E-state index in [1.807, 2.05) is 0 Å². The van der Waals surface area contributed by atoms with E-state index in [4.69, 9.17) is 4.74 Å². The number of halogens is 2. The molecule has 0 aliphatic heterocycles. The Morgan fingerprint density at radius 3 is 2.65 bits per heavy atom. The summed E-state index contributed by atoms with van der Waals surface area (Å²) in [7, 11) is 0. The Balaban J connectivity index is 2.08. The number of aromatic amines is 1. The number of imidazole rings is 1. The van der Waals surface area contributed by atoms with Gasteiger partial charge in [0.25, 0.3) is 0 Å². The van der Waals surface area contributed by atoms with Crippen molar-refractivity contribution < 1.29 is 18.3 Å². The van der Waals surface area contributed by atoms with Crippen LogP contribution in [0.2, 0.25) is 0 Å². The number of fused-ring (bicyclic) bond motifs is 2. The maximum Gasteiger partial charge on any atom is 0.309 e. The van der Waals surface area contributed by atoms with Crippen LogP contribution >= 0.6 is 0 Å². The second-order valence-electron chi connectivity index (χ2n) is 4.99. The minimum Gasteiger partial charge on any atom is -0.466 e. The van der Waals surface area contributed by atoms with Crippen molar-refractivity contribution >= 4 is 17.0 Å². The third-order valence-electron chi connectivity index (χ3n) is 3.66. The van der Waals surface area contributed by atoms with Crippen LogP contribution in [0.3, 0.4) is 0 Å². The van der Waals surface area contributed by atoms with Gasteiger partial charge in [-0.1, -0.05) is 0 Å². The summed E-state index contributed by atoms with van der Waals surface area (Å²) < 4.78 is 33.7. The van der Waals surface area contributed by atoms with Crippen molar-refractivity contribution in [3.63, 3.8) is 0 Å². The zero-order chi connectivity index (χ0) is 14.4. The van der Waals surface area contributed by atoms with Gasteiger partial charge in [-0.05, 0) is 37.8 Å². The van der Waals surface area contributed by atoms with Gasteiger partial charge in [-0.3, -0.25) is 4.79 Å². The van der Waals surface area contributed by atoms with Crippen molar-refractivity contribution in [2.75, 3.05) is 6.61 Å². The number of aryl methyl sites for hydroxylation is 1. The molecule has 1 heterocycles. The van der Waals surface area contributed by atoms with Crippen molar-refractivity contribution in [2.45, 2.75) is 26.7 Å². The molecule has 3 rings (SSSR count). The van der Waals surface area contributed by atoms with Gasteiger partial charge >= 0.3 is 5.97 Å². The van der Waals surface area contributed by atoms with Crippen LogP contribution < -0.4 is 0 Å². The van der Waals surface area contributed by atoms with Crippen molar-refractivity contribution in [3.8, 4) is 0 Å². The maximum absolute atomic E-state index is 14.4. The number of benzene rings is 1. The van der Waals surface area contributed by atoms with E-state index in [1.165, 1.54) is 0 Å². The molecule has 1 unspecified atom stereocenters. The summed E-state index contributed by atoms with van der Waals surface area (Å²) in [6.45, 7) is 3.61. The molecule has 1 aliphatic carbocycles. The highest BCUT2D eigenvalue weighted by molar-refractivity contribution is 5.81. The van der Waals surface area contributed by atoms with E-state index >= 15 is 0 Å². The van der Waals surface area contributed by atoms with Gasteiger partial charge in [0.2, 0.25) is 0 Å². The Bertz CT molecular complexity index is 660. The highest BCUT2D eigenvalue weighted by Crippen LogP contribution is 2.36. The molecule has 1 N–H and O–H groups in total. The van der Waals surface area contributed by atoms with Crippen LogP contribution in [0, 0.1) is 24.5 Å².